The number of nitrogens with zero attached hydrogens (tertiary/aromatic N) is 4. The molecule has 0 spiro atoms. The molecule has 3 heterocycles. The quantitative estimate of drug-likeness (QED) is 0.346. The lowest BCUT2D eigenvalue weighted by atomic mass is 10.1. The third kappa shape index (κ3) is 5.32. The molecule has 0 atom stereocenters. The van der Waals surface area contributed by atoms with Crippen LogP contribution < -0.4 is 19.7 Å². The Balaban J connectivity index is 1.39. The van der Waals surface area contributed by atoms with Gasteiger partial charge in [0, 0.05) is 23.2 Å². The van der Waals surface area contributed by atoms with Gasteiger partial charge in [0.15, 0.2) is 5.75 Å². The van der Waals surface area contributed by atoms with E-state index in [1.54, 1.807) is 22.3 Å². The normalized spacial score (nSPS) is 13.1. The van der Waals surface area contributed by atoms with E-state index in [9.17, 15) is 4.79 Å². The summed E-state index contributed by atoms with van der Waals surface area (Å²) in [7, 11) is 3.93. The van der Waals surface area contributed by atoms with Crippen molar-refractivity contribution in [2.45, 2.75) is 6.61 Å². The molecule has 2 aromatic heterocycles. The molecule has 5 rings (SSSR count). The maximum Gasteiger partial charge on any atom is 0.250 e. The zero-order chi connectivity index (χ0) is 24.9. The van der Waals surface area contributed by atoms with Gasteiger partial charge in [-0.05, 0) is 61.9 Å². The van der Waals surface area contributed by atoms with Crippen molar-refractivity contribution in [2.75, 3.05) is 44.0 Å². The van der Waals surface area contributed by atoms with Crippen LogP contribution in [-0.2, 0) is 11.4 Å². The molecular formula is C27H27N5O3S. The smallest absolute Gasteiger partial charge is 0.250 e. The van der Waals surface area contributed by atoms with Gasteiger partial charge in [-0.3, -0.25) is 4.79 Å². The number of anilines is 3. The number of rotatable bonds is 8. The van der Waals surface area contributed by atoms with Crippen LogP contribution >= 0.6 is 11.3 Å². The van der Waals surface area contributed by atoms with Gasteiger partial charge in [-0.15, -0.1) is 11.3 Å². The van der Waals surface area contributed by atoms with Gasteiger partial charge in [-0.2, -0.15) is 0 Å². The molecule has 1 amide bonds. The molecule has 0 aliphatic carbocycles. The van der Waals surface area contributed by atoms with Gasteiger partial charge in [0.2, 0.25) is 0 Å². The van der Waals surface area contributed by atoms with E-state index in [0.29, 0.717) is 43.6 Å². The monoisotopic (exact) mass is 501 g/mol. The number of thiophene rings is 1. The van der Waals surface area contributed by atoms with E-state index in [-0.39, 0.29) is 5.91 Å². The molecule has 0 saturated heterocycles. The fourth-order valence-corrected chi connectivity index (χ4v) is 4.54. The number of ether oxygens (including phenoxy) is 2. The van der Waals surface area contributed by atoms with Gasteiger partial charge in [-0.1, -0.05) is 12.1 Å². The average molecular weight is 502 g/mol. The zero-order valence-corrected chi connectivity index (χ0v) is 21.0. The van der Waals surface area contributed by atoms with Crippen LogP contribution in [0, 0.1) is 0 Å². The number of amides is 1. The number of hydrogen-bond acceptors (Lipinski definition) is 8. The molecule has 0 unspecified atom stereocenters. The van der Waals surface area contributed by atoms with E-state index >= 15 is 0 Å². The highest BCUT2D eigenvalue weighted by atomic mass is 32.1. The number of carbonyl (C=O) groups excluding carboxylic acids is 1. The number of likely N-dealkylation sites (N-methyl/N-ethyl adjacent to an activating group) is 1. The minimum absolute atomic E-state index is 0.0785. The Labute approximate surface area is 213 Å². The molecule has 0 radical (unpaired) electrons. The predicted octanol–water partition coefficient (Wildman–Crippen LogP) is 4.86. The molecule has 9 heteroatoms. The molecule has 0 saturated carbocycles. The van der Waals surface area contributed by atoms with Crippen molar-refractivity contribution in [3.8, 4) is 11.5 Å². The summed E-state index contributed by atoms with van der Waals surface area (Å²) in [5.41, 5.74) is 2.30. The van der Waals surface area contributed by atoms with Crippen molar-refractivity contribution in [2.24, 2.45) is 0 Å². The predicted molar refractivity (Wildman–Crippen MR) is 143 cm³/mol. The summed E-state index contributed by atoms with van der Waals surface area (Å²) in [6.45, 7) is 2.11. The summed E-state index contributed by atoms with van der Waals surface area (Å²) in [5, 5.41) is 6.15. The van der Waals surface area contributed by atoms with Gasteiger partial charge in [0.1, 0.15) is 31.1 Å². The van der Waals surface area contributed by atoms with Crippen molar-refractivity contribution in [3.63, 3.8) is 0 Å². The lowest BCUT2D eigenvalue weighted by Gasteiger charge is -2.30. The van der Waals surface area contributed by atoms with Crippen LogP contribution in [0.1, 0.15) is 4.88 Å². The molecule has 0 fully saturated rings. The van der Waals surface area contributed by atoms with Crippen molar-refractivity contribution >= 4 is 45.3 Å². The first-order valence-electron chi connectivity index (χ1n) is 11.6. The number of benzene rings is 2. The Morgan fingerprint density at radius 2 is 2.06 bits per heavy atom. The first kappa shape index (κ1) is 23.8. The molecular weight excluding hydrogens is 474 g/mol. The van der Waals surface area contributed by atoms with Gasteiger partial charge >= 0.3 is 0 Å². The topological polar surface area (TPSA) is 79.8 Å². The Bertz CT molecular complexity index is 1370. The van der Waals surface area contributed by atoms with Gasteiger partial charge in [-0.25, -0.2) is 9.97 Å². The van der Waals surface area contributed by atoms with Crippen LogP contribution in [-0.4, -0.2) is 54.6 Å². The summed E-state index contributed by atoms with van der Waals surface area (Å²) < 4.78 is 11.9. The fourth-order valence-electron chi connectivity index (χ4n) is 3.93. The second kappa shape index (κ2) is 10.8. The number of hydrogen-bond donors (Lipinski definition) is 1. The lowest BCUT2D eigenvalue weighted by Crippen LogP contribution is -2.37. The van der Waals surface area contributed by atoms with Crippen LogP contribution in [0.4, 0.5) is 17.2 Å². The molecule has 1 N–H and O–H groups in total. The first-order valence-corrected chi connectivity index (χ1v) is 12.5. The summed E-state index contributed by atoms with van der Waals surface area (Å²) in [4.78, 5) is 26.7. The van der Waals surface area contributed by atoms with Crippen molar-refractivity contribution < 1.29 is 14.3 Å². The van der Waals surface area contributed by atoms with Crippen LogP contribution in [0.25, 0.3) is 10.9 Å². The first-order chi connectivity index (χ1) is 17.6. The molecule has 1 aliphatic rings. The van der Waals surface area contributed by atoms with E-state index in [4.69, 9.17) is 9.47 Å². The lowest BCUT2D eigenvalue weighted by molar-refractivity contribution is -0.114. The molecule has 0 bridgehead atoms. The van der Waals surface area contributed by atoms with Crippen LogP contribution in [0.5, 0.6) is 11.5 Å². The third-order valence-corrected chi connectivity index (χ3v) is 6.51. The van der Waals surface area contributed by atoms with Gasteiger partial charge in [0.25, 0.3) is 5.91 Å². The summed E-state index contributed by atoms with van der Waals surface area (Å²) in [6.07, 6.45) is 5.00. The van der Waals surface area contributed by atoms with E-state index in [0.717, 1.165) is 22.3 Å². The maximum atomic E-state index is 12.9. The largest absolute Gasteiger partial charge is 0.489 e. The molecule has 2 aromatic carbocycles. The number of aromatic nitrogens is 2. The zero-order valence-electron chi connectivity index (χ0n) is 20.2. The minimum atomic E-state index is -0.0785. The Hall–Kier alpha value is -3.95. The molecule has 184 valence electrons. The van der Waals surface area contributed by atoms with E-state index in [2.05, 4.69) is 21.4 Å². The van der Waals surface area contributed by atoms with Gasteiger partial charge < -0.3 is 24.6 Å². The summed E-state index contributed by atoms with van der Waals surface area (Å²) >= 11 is 1.67. The SMILES string of the molecule is CN(C)C/C=C/C(=O)N1CCOc2c1ccc1ncnc(Nc3ccc(OCc4cccs4)cc3)c21. The third-order valence-electron chi connectivity index (χ3n) is 5.66. The van der Waals surface area contributed by atoms with Crippen LogP contribution in [0.15, 0.2) is 72.4 Å². The highest BCUT2D eigenvalue weighted by Gasteiger charge is 2.26. The highest BCUT2D eigenvalue weighted by molar-refractivity contribution is 7.09. The van der Waals surface area contributed by atoms with Crippen LogP contribution in [0.3, 0.4) is 0 Å². The Morgan fingerprint density at radius 3 is 2.83 bits per heavy atom. The second-order valence-corrected chi connectivity index (χ2v) is 9.58. The van der Waals surface area contributed by atoms with E-state index < -0.39 is 0 Å². The Morgan fingerprint density at radius 1 is 1.19 bits per heavy atom. The summed E-state index contributed by atoms with van der Waals surface area (Å²) in [5.74, 6) is 1.93. The maximum absolute atomic E-state index is 12.9. The minimum Gasteiger partial charge on any atom is -0.489 e. The molecule has 36 heavy (non-hydrogen) atoms. The van der Waals surface area contributed by atoms with Gasteiger partial charge in [0.05, 0.1) is 23.1 Å². The number of nitrogens with one attached hydrogen (secondary N) is 1. The molecule has 4 aromatic rings. The van der Waals surface area contributed by atoms with Crippen molar-refractivity contribution in [1.82, 2.24) is 14.9 Å². The average Bonchev–Trinajstić information content (AvgIpc) is 3.41. The summed E-state index contributed by atoms with van der Waals surface area (Å²) in [6, 6.07) is 15.6. The van der Waals surface area contributed by atoms with E-state index in [1.165, 1.54) is 11.2 Å². The standard InChI is InChI=1S/C27H27N5O3S/c1-31(2)13-3-6-24(33)32-14-15-34-26-23(32)12-11-22-25(26)27(29-18-28-22)30-19-7-9-20(10-8-19)35-17-21-5-4-16-36-21/h3-12,16,18H,13-15,17H2,1-2H3,(H,28,29,30)/b6-3+. The van der Waals surface area contributed by atoms with Crippen molar-refractivity contribution in [3.05, 3.63) is 77.3 Å². The highest BCUT2D eigenvalue weighted by Crippen LogP contribution is 2.41. The molecule has 1 aliphatic heterocycles. The Kier molecular flexibility index (Phi) is 7.11. The molecule has 8 nitrogen and oxygen atoms in total. The van der Waals surface area contributed by atoms with E-state index in [1.807, 2.05) is 72.9 Å². The number of fused-ring (bicyclic) bond motifs is 3. The second-order valence-electron chi connectivity index (χ2n) is 8.55. The van der Waals surface area contributed by atoms with Crippen LogP contribution in [0.2, 0.25) is 0 Å². The van der Waals surface area contributed by atoms with Crippen molar-refractivity contribution in [1.29, 1.82) is 0 Å². The fraction of sp³-hybridized carbons (Fsp3) is 0.222. The number of carbonyl (C=O) groups is 1.